The number of nitrogens with zero attached hydrogens (tertiary/aromatic N) is 3. The van der Waals surface area contributed by atoms with Gasteiger partial charge in [0, 0.05) is 5.56 Å². The van der Waals surface area contributed by atoms with E-state index in [1.54, 1.807) is 32.4 Å². The first-order valence-corrected chi connectivity index (χ1v) is 7.12. The molecule has 0 radical (unpaired) electrons. The van der Waals surface area contributed by atoms with Crippen molar-refractivity contribution in [1.82, 2.24) is 14.9 Å². The van der Waals surface area contributed by atoms with Gasteiger partial charge in [-0.2, -0.15) is 0 Å². The lowest BCUT2D eigenvalue weighted by Gasteiger charge is -2.18. The summed E-state index contributed by atoms with van der Waals surface area (Å²) in [6.07, 6.45) is 2.45. The van der Waals surface area contributed by atoms with Crippen molar-refractivity contribution in [3.63, 3.8) is 0 Å². The van der Waals surface area contributed by atoms with Crippen LogP contribution >= 0.6 is 0 Å². The maximum Gasteiger partial charge on any atom is 0.381 e. The van der Waals surface area contributed by atoms with Crippen LogP contribution < -0.4 is 14.8 Å². The van der Waals surface area contributed by atoms with Crippen LogP contribution in [0.3, 0.4) is 0 Å². The van der Waals surface area contributed by atoms with Gasteiger partial charge >= 0.3 is 5.82 Å². The molecule has 128 valence electrons. The SMILES string of the molecule is COc1ccc(OC)c(C(C)NC(=O)Cn2cnc([N+](=O)[O-])c2)c1. The van der Waals surface area contributed by atoms with Crippen LogP contribution in [0, 0.1) is 10.1 Å². The van der Waals surface area contributed by atoms with Crippen LogP contribution in [0.4, 0.5) is 5.82 Å². The predicted molar refractivity (Wildman–Crippen MR) is 85.0 cm³/mol. The largest absolute Gasteiger partial charge is 0.497 e. The van der Waals surface area contributed by atoms with Crippen molar-refractivity contribution in [2.24, 2.45) is 0 Å². The van der Waals surface area contributed by atoms with E-state index in [4.69, 9.17) is 9.47 Å². The third kappa shape index (κ3) is 4.00. The van der Waals surface area contributed by atoms with Crippen LogP contribution in [-0.4, -0.2) is 34.6 Å². The fourth-order valence-corrected chi connectivity index (χ4v) is 2.24. The molecule has 0 fully saturated rings. The molecule has 24 heavy (non-hydrogen) atoms. The van der Waals surface area contributed by atoms with Crippen molar-refractivity contribution in [3.8, 4) is 11.5 Å². The predicted octanol–water partition coefficient (Wildman–Crippen LogP) is 1.69. The van der Waals surface area contributed by atoms with Crippen molar-refractivity contribution in [2.45, 2.75) is 19.5 Å². The fraction of sp³-hybridized carbons (Fsp3) is 0.333. The number of imidazole rings is 1. The Hall–Kier alpha value is -3.10. The molecule has 1 unspecified atom stereocenters. The Morgan fingerprint density at radius 2 is 2.17 bits per heavy atom. The highest BCUT2D eigenvalue weighted by Crippen LogP contribution is 2.29. The Labute approximate surface area is 138 Å². The Balaban J connectivity index is 2.06. The summed E-state index contributed by atoms with van der Waals surface area (Å²) in [7, 11) is 3.10. The van der Waals surface area contributed by atoms with E-state index in [2.05, 4.69) is 10.3 Å². The summed E-state index contributed by atoms with van der Waals surface area (Å²) in [5, 5.41) is 13.4. The number of carbonyl (C=O) groups is 1. The molecule has 2 aromatic rings. The fourth-order valence-electron chi connectivity index (χ4n) is 2.24. The molecular formula is C15H18N4O5. The van der Waals surface area contributed by atoms with E-state index in [9.17, 15) is 14.9 Å². The second kappa shape index (κ2) is 7.44. The molecule has 0 aliphatic rings. The first-order chi connectivity index (χ1) is 11.4. The molecule has 0 bridgehead atoms. The molecule has 9 heteroatoms. The molecule has 1 aromatic carbocycles. The highest BCUT2D eigenvalue weighted by Gasteiger charge is 2.17. The number of hydrogen-bond donors (Lipinski definition) is 1. The zero-order valence-electron chi connectivity index (χ0n) is 13.6. The quantitative estimate of drug-likeness (QED) is 0.609. The van der Waals surface area contributed by atoms with Crippen molar-refractivity contribution >= 4 is 11.7 Å². The lowest BCUT2D eigenvalue weighted by Crippen LogP contribution is -2.30. The summed E-state index contributed by atoms with van der Waals surface area (Å²) < 4.78 is 11.8. The first kappa shape index (κ1) is 17.3. The van der Waals surface area contributed by atoms with E-state index < -0.39 is 4.92 Å². The van der Waals surface area contributed by atoms with Crippen LogP contribution in [0.1, 0.15) is 18.5 Å². The number of ether oxygens (including phenoxy) is 2. The number of nitrogens with one attached hydrogen (secondary N) is 1. The van der Waals surface area contributed by atoms with Crippen LogP contribution in [0.2, 0.25) is 0 Å². The highest BCUT2D eigenvalue weighted by molar-refractivity contribution is 5.76. The Bertz CT molecular complexity index is 743. The number of amides is 1. The van der Waals surface area contributed by atoms with Gasteiger partial charge in [-0.15, -0.1) is 0 Å². The molecular weight excluding hydrogens is 316 g/mol. The summed E-state index contributed by atoms with van der Waals surface area (Å²) in [4.78, 5) is 25.7. The highest BCUT2D eigenvalue weighted by atomic mass is 16.6. The minimum absolute atomic E-state index is 0.0720. The smallest absolute Gasteiger partial charge is 0.381 e. The summed E-state index contributed by atoms with van der Waals surface area (Å²) >= 11 is 0. The summed E-state index contributed by atoms with van der Waals surface area (Å²) in [6.45, 7) is 1.74. The Morgan fingerprint density at radius 3 is 2.75 bits per heavy atom. The van der Waals surface area contributed by atoms with Gasteiger partial charge in [0.15, 0.2) is 0 Å². The van der Waals surface area contributed by atoms with Crippen LogP contribution in [0.25, 0.3) is 0 Å². The molecule has 1 amide bonds. The van der Waals surface area contributed by atoms with Gasteiger partial charge in [-0.05, 0) is 35.0 Å². The molecule has 0 aliphatic heterocycles. The molecule has 1 heterocycles. The van der Waals surface area contributed by atoms with Crippen LogP contribution in [0.5, 0.6) is 11.5 Å². The van der Waals surface area contributed by atoms with Gasteiger partial charge in [0.05, 0.1) is 20.3 Å². The van der Waals surface area contributed by atoms with Gasteiger partial charge in [-0.25, -0.2) is 0 Å². The minimum atomic E-state index is -0.613. The number of benzene rings is 1. The maximum atomic E-state index is 12.1. The molecule has 0 aliphatic carbocycles. The molecule has 0 spiro atoms. The molecule has 0 saturated heterocycles. The normalized spacial score (nSPS) is 11.6. The molecule has 1 N–H and O–H groups in total. The number of nitro groups is 1. The standard InChI is InChI=1S/C15H18N4O5/c1-10(12-6-11(23-2)4-5-13(12)24-3)17-15(20)8-18-7-14(16-9-18)19(21)22/h4-7,9-10H,8H2,1-3H3,(H,17,20). The van der Waals surface area contributed by atoms with Crippen molar-refractivity contribution in [1.29, 1.82) is 0 Å². The molecule has 9 nitrogen and oxygen atoms in total. The number of hydrogen-bond acceptors (Lipinski definition) is 6. The van der Waals surface area contributed by atoms with Gasteiger partial charge < -0.3 is 29.5 Å². The van der Waals surface area contributed by atoms with Gasteiger partial charge in [-0.3, -0.25) is 4.79 Å². The Morgan fingerprint density at radius 1 is 1.42 bits per heavy atom. The topological polar surface area (TPSA) is 109 Å². The summed E-state index contributed by atoms with van der Waals surface area (Å²) in [6, 6.07) is 4.98. The second-order valence-electron chi connectivity index (χ2n) is 5.06. The molecule has 1 aromatic heterocycles. The van der Waals surface area contributed by atoms with Crippen molar-refractivity contribution < 1.29 is 19.2 Å². The van der Waals surface area contributed by atoms with Gasteiger partial charge in [0.2, 0.25) is 12.2 Å². The van der Waals surface area contributed by atoms with Crippen LogP contribution in [0.15, 0.2) is 30.7 Å². The zero-order chi connectivity index (χ0) is 17.7. The summed E-state index contributed by atoms with van der Waals surface area (Å²) in [5.41, 5.74) is 0.766. The molecule has 2 rings (SSSR count). The number of rotatable bonds is 7. The number of methoxy groups -OCH3 is 2. The van der Waals surface area contributed by atoms with Crippen molar-refractivity contribution in [3.05, 3.63) is 46.4 Å². The van der Waals surface area contributed by atoms with E-state index in [1.165, 1.54) is 17.1 Å². The van der Waals surface area contributed by atoms with Gasteiger partial charge in [0.25, 0.3) is 0 Å². The van der Waals surface area contributed by atoms with Crippen LogP contribution in [-0.2, 0) is 11.3 Å². The van der Waals surface area contributed by atoms with E-state index in [0.717, 1.165) is 5.56 Å². The van der Waals surface area contributed by atoms with Gasteiger partial charge in [-0.1, -0.05) is 0 Å². The third-order valence-electron chi connectivity index (χ3n) is 3.41. The van der Waals surface area contributed by atoms with E-state index in [-0.39, 0.29) is 24.3 Å². The maximum absolute atomic E-state index is 12.1. The van der Waals surface area contributed by atoms with E-state index in [1.807, 2.05) is 6.92 Å². The minimum Gasteiger partial charge on any atom is -0.497 e. The first-order valence-electron chi connectivity index (χ1n) is 7.12. The number of carbonyl (C=O) groups excluding carboxylic acids is 1. The second-order valence-corrected chi connectivity index (χ2v) is 5.06. The molecule has 0 saturated carbocycles. The number of aromatic nitrogens is 2. The van der Waals surface area contributed by atoms with E-state index >= 15 is 0 Å². The lowest BCUT2D eigenvalue weighted by atomic mass is 10.1. The lowest BCUT2D eigenvalue weighted by molar-refractivity contribution is -0.389. The Kier molecular flexibility index (Phi) is 5.35. The van der Waals surface area contributed by atoms with Crippen molar-refractivity contribution in [2.75, 3.05) is 14.2 Å². The zero-order valence-corrected chi connectivity index (χ0v) is 13.6. The van der Waals surface area contributed by atoms with E-state index in [0.29, 0.717) is 11.5 Å². The van der Waals surface area contributed by atoms with Gasteiger partial charge in [0.1, 0.15) is 24.2 Å². The average molecular weight is 334 g/mol. The summed E-state index contributed by atoms with van der Waals surface area (Å²) in [5.74, 6) is 0.670. The monoisotopic (exact) mass is 334 g/mol. The third-order valence-corrected chi connectivity index (χ3v) is 3.41. The molecule has 1 atom stereocenters. The average Bonchev–Trinajstić information content (AvgIpc) is 3.02.